The molecule has 3 amide bonds. The maximum absolute atomic E-state index is 12.6. The first kappa shape index (κ1) is 23.0. The molecular weight excluding hydrogens is 405 g/mol. The van der Waals surface area contributed by atoms with Crippen LogP contribution in [0.2, 0.25) is 0 Å². The van der Waals surface area contributed by atoms with Crippen LogP contribution in [-0.2, 0) is 20.9 Å². The van der Waals surface area contributed by atoms with Crippen LogP contribution in [0.4, 0.5) is 13.2 Å². The number of carbonyl (C=O) groups is 3. The second-order valence-corrected chi connectivity index (χ2v) is 6.79. The Bertz CT molecular complexity index is 851. The summed E-state index contributed by atoms with van der Waals surface area (Å²) < 4.78 is 41.8. The molecule has 162 valence electrons. The van der Waals surface area contributed by atoms with E-state index in [9.17, 15) is 27.6 Å². The van der Waals surface area contributed by atoms with Crippen molar-refractivity contribution in [2.24, 2.45) is 5.92 Å². The van der Waals surface area contributed by atoms with Gasteiger partial charge in [0.25, 0.3) is 0 Å². The molecule has 0 aromatic heterocycles. The van der Waals surface area contributed by atoms with Crippen molar-refractivity contribution < 1.29 is 32.3 Å². The third-order valence-corrected chi connectivity index (χ3v) is 4.51. The minimum Gasteiger partial charge on any atom is -0.405 e. The highest BCUT2D eigenvalue weighted by molar-refractivity contribution is 5.85. The number of ether oxygens (including phenoxy) is 1. The summed E-state index contributed by atoms with van der Waals surface area (Å²) in [5, 5.41) is 13.8. The average molecular weight is 426 g/mol. The van der Waals surface area contributed by atoms with E-state index in [1.807, 2.05) is 0 Å². The Hall–Kier alpha value is -3.29. The average Bonchev–Trinajstić information content (AvgIpc) is 2.69. The monoisotopic (exact) mass is 426 g/mol. The second kappa shape index (κ2) is 9.96. The molecule has 0 aliphatic carbocycles. The lowest BCUT2D eigenvalue weighted by molar-refractivity contribution is -0.274. The van der Waals surface area contributed by atoms with Crippen molar-refractivity contribution in [2.45, 2.75) is 32.7 Å². The summed E-state index contributed by atoms with van der Waals surface area (Å²) in [6.45, 7) is 1.52. The zero-order valence-electron chi connectivity index (χ0n) is 16.2. The largest absolute Gasteiger partial charge is 0.573 e. The molecule has 0 spiro atoms. The summed E-state index contributed by atoms with van der Waals surface area (Å²) in [5.41, 5.74) is 0.0546. The molecule has 11 heteroatoms. The molecule has 0 saturated carbocycles. The van der Waals surface area contributed by atoms with Crippen LogP contribution in [0.15, 0.2) is 18.2 Å². The van der Waals surface area contributed by atoms with E-state index in [1.165, 1.54) is 24.0 Å². The summed E-state index contributed by atoms with van der Waals surface area (Å²) in [5.74, 6) is -2.14. The van der Waals surface area contributed by atoms with Gasteiger partial charge in [-0.1, -0.05) is 6.07 Å². The predicted octanol–water partition coefficient (Wildman–Crippen LogP) is 1.45. The lowest BCUT2D eigenvalue weighted by atomic mass is 9.97. The van der Waals surface area contributed by atoms with Crippen LogP contribution >= 0.6 is 0 Å². The molecule has 1 saturated heterocycles. The maximum Gasteiger partial charge on any atom is 0.573 e. The molecule has 1 atom stereocenters. The number of nitriles is 1. The van der Waals surface area contributed by atoms with E-state index in [0.717, 1.165) is 6.07 Å². The lowest BCUT2D eigenvalue weighted by Crippen LogP contribution is -2.48. The molecule has 30 heavy (non-hydrogen) atoms. The summed E-state index contributed by atoms with van der Waals surface area (Å²) >= 11 is 0. The molecule has 8 nitrogen and oxygen atoms in total. The lowest BCUT2D eigenvalue weighted by Gasteiger charge is -2.32. The Labute approximate surface area is 171 Å². The van der Waals surface area contributed by atoms with Crippen LogP contribution in [0.25, 0.3) is 0 Å². The minimum absolute atomic E-state index is 0.00932. The first-order chi connectivity index (χ1) is 14.1. The van der Waals surface area contributed by atoms with Gasteiger partial charge in [0.15, 0.2) is 0 Å². The van der Waals surface area contributed by atoms with Crippen molar-refractivity contribution in [1.29, 1.82) is 5.26 Å². The zero-order valence-corrected chi connectivity index (χ0v) is 16.2. The fourth-order valence-corrected chi connectivity index (χ4v) is 3.05. The van der Waals surface area contributed by atoms with E-state index < -0.39 is 23.9 Å². The van der Waals surface area contributed by atoms with Crippen LogP contribution in [0.3, 0.4) is 0 Å². The Kier molecular flexibility index (Phi) is 7.63. The summed E-state index contributed by atoms with van der Waals surface area (Å²) in [6, 6.07) is 5.30. The number of benzene rings is 1. The van der Waals surface area contributed by atoms with Crippen molar-refractivity contribution in [1.82, 2.24) is 15.5 Å². The highest BCUT2D eigenvalue weighted by atomic mass is 19.4. The molecule has 0 radical (unpaired) electrons. The van der Waals surface area contributed by atoms with Crippen LogP contribution in [0.1, 0.15) is 30.9 Å². The quantitative estimate of drug-likeness (QED) is 0.715. The van der Waals surface area contributed by atoms with Crippen molar-refractivity contribution in [3.8, 4) is 11.8 Å². The standard InChI is InChI=1S/C19H21F3N4O4/c1-12(27)24-10-17(28)26-6-2-3-15(11-26)18(29)25-9-14-5-4-13(8-23)7-16(14)30-19(20,21)22/h4-5,7,15H,2-3,6,9-11H2,1H3,(H,24,27)(H,25,29)/t15-/m1/s1. The molecule has 1 aromatic carbocycles. The third kappa shape index (κ3) is 6.95. The van der Waals surface area contributed by atoms with Gasteiger partial charge >= 0.3 is 6.36 Å². The second-order valence-electron chi connectivity index (χ2n) is 6.79. The van der Waals surface area contributed by atoms with Gasteiger partial charge in [0, 0.05) is 32.1 Å². The van der Waals surface area contributed by atoms with Gasteiger partial charge < -0.3 is 20.3 Å². The number of hydrogen-bond donors (Lipinski definition) is 2. The minimum atomic E-state index is -4.94. The van der Waals surface area contributed by atoms with Gasteiger partial charge in [-0.25, -0.2) is 0 Å². The van der Waals surface area contributed by atoms with Crippen LogP contribution in [-0.4, -0.2) is 48.6 Å². The summed E-state index contributed by atoms with van der Waals surface area (Å²) in [7, 11) is 0. The number of likely N-dealkylation sites (tertiary alicyclic amines) is 1. The van der Waals surface area contributed by atoms with Crippen molar-refractivity contribution in [3.05, 3.63) is 29.3 Å². The normalized spacial score (nSPS) is 16.4. The predicted molar refractivity (Wildman–Crippen MR) is 97.7 cm³/mol. The fraction of sp³-hybridized carbons (Fsp3) is 0.474. The molecule has 1 aliphatic heterocycles. The first-order valence-corrected chi connectivity index (χ1v) is 9.17. The van der Waals surface area contributed by atoms with Gasteiger partial charge in [0.05, 0.1) is 24.1 Å². The smallest absolute Gasteiger partial charge is 0.405 e. The Morgan fingerprint density at radius 2 is 2.03 bits per heavy atom. The SMILES string of the molecule is CC(=O)NCC(=O)N1CCC[C@@H](C(=O)NCc2ccc(C#N)cc2OC(F)(F)F)C1. The molecule has 0 bridgehead atoms. The Morgan fingerprint density at radius 3 is 2.67 bits per heavy atom. The van der Waals surface area contributed by atoms with Crippen molar-refractivity contribution in [3.63, 3.8) is 0 Å². The molecule has 1 heterocycles. The molecular formula is C19H21F3N4O4. The fourth-order valence-electron chi connectivity index (χ4n) is 3.05. The number of piperidine rings is 1. The van der Waals surface area contributed by atoms with Gasteiger partial charge in [0.1, 0.15) is 5.75 Å². The van der Waals surface area contributed by atoms with Crippen LogP contribution < -0.4 is 15.4 Å². The highest BCUT2D eigenvalue weighted by Gasteiger charge is 2.33. The van der Waals surface area contributed by atoms with Crippen LogP contribution in [0, 0.1) is 17.2 Å². The summed E-state index contributed by atoms with van der Waals surface area (Å²) in [6.07, 6.45) is -3.83. The third-order valence-electron chi connectivity index (χ3n) is 4.51. The highest BCUT2D eigenvalue weighted by Crippen LogP contribution is 2.27. The number of hydrogen-bond acceptors (Lipinski definition) is 5. The zero-order chi connectivity index (χ0) is 22.3. The van der Waals surface area contributed by atoms with E-state index in [1.54, 1.807) is 6.07 Å². The number of nitrogens with zero attached hydrogens (tertiary/aromatic N) is 2. The number of halogens is 3. The Morgan fingerprint density at radius 1 is 1.30 bits per heavy atom. The van der Waals surface area contributed by atoms with Gasteiger partial charge in [-0.3, -0.25) is 14.4 Å². The number of nitrogens with one attached hydrogen (secondary N) is 2. The molecule has 1 fully saturated rings. The Balaban J connectivity index is 1.99. The number of alkyl halides is 3. The van der Waals surface area contributed by atoms with Crippen LogP contribution in [0.5, 0.6) is 5.75 Å². The number of rotatable bonds is 6. The summed E-state index contributed by atoms with van der Waals surface area (Å²) in [4.78, 5) is 37.0. The molecule has 1 aliphatic rings. The molecule has 0 unspecified atom stereocenters. The molecule has 2 rings (SSSR count). The molecule has 1 aromatic rings. The topological polar surface area (TPSA) is 112 Å². The number of carbonyl (C=O) groups excluding carboxylic acids is 3. The van der Waals surface area contributed by atoms with Gasteiger partial charge in [-0.05, 0) is 25.0 Å². The van der Waals surface area contributed by atoms with Crippen molar-refractivity contribution in [2.75, 3.05) is 19.6 Å². The van der Waals surface area contributed by atoms with Gasteiger partial charge in [0.2, 0.25) is 17.7 Å². The van der Waals surface area contributed by atoms with E-state index in [2.05, 4.69) is 15.4 Å². The van der Waals surface area contributed by atoms with E-state index in [-0.39, 0.29) is 42.6 Å². The van der Waals surface area contributed by atoms with Gasteiger partial charge in [-0.15, -0.1) is 13.2 Å². The van der Waals surface area contributed by atoms with E-state index in [0.29, 0.717) is 19.4 Å². The molecule has 2 N–H and O–H groups in total. The first-order valence-electron chi connectivity index (χ1n) is 9.17. The van der Waals surface area contributed by atoms with E-state index in [4.69, 9.17) is 5.26 Å². The van der Waals surface area contributed by atoms with Gasteiger partial charge in [-0.2, -0.15) is 5.26 Å². The maximum atomic E-state index is 12.6. The van der Waals surface area contributed by atoms with E-state index >= 15 is 0 Å². The van der Waals surface area contributed by atoms with Crippen molar-refractivity contribution >= 4 is 17.7 Å². The number of amides is 3.